The maximum absolute atomic E-state index is 13.0. The van der Waals surface area contributed by atoms with E-state index < -0.39 is 0 Å². The smallest absolute Gasteiger partial charge is 0.278 e. The first-order chi connectivity index (χ1) is 15.5. The number of aryl methyl sites for hydroxylation is 2. The second-order valence-electron chi connectivity index (χ2n) is 8.22. The molecule has 0 aliphatic carbocycles. The number of carbonyl (C=O) groups is 1. The number of H-pyrrole nitrogens is 1. The first-order valence-corrected chi connectivity index (χ1v) is 10.8. The van der Waals surface area contributed by atoms with E-state index >= 15 is 0 Å². The van der Waals surface area contributed by atoms with Crippen molar-refractivity contribution in [2.45, 2.75) is 39.0 Å². The van der Waals surface area contributed by atoms with Crippen LogP contribution in [0.4, 0.5) is 0 Å². The zero-order valence-electron chi connectivity index (χ0n) is 18.0. The van der Waals surface area contributed by atoms with E-state index in [0.717, 1.165) is 19.3 Å². The van der Waals surface area contributed by atoms with Crippen LogP contribution in [0, 0.1) is 6.92 Å². The Morgan fingerprint density at radius 3 is 2.88 bits per heavy atom. The molecule has 1 aliphatic heterocycles. The van der Waals surface area contributed by atoms with Crippen molar-refractivity contribution < 1.29 is 9.32 Å². The topological polar surface area (TPSA) is 109 Å². The number of piperidine rings is 1. The third-order valence-corrected chi connectivity index (χ3v) is 5.94. The highest BCUT2D eigenvalue weighted by molar-refractivity contribution is 5.94. The van der Waals surface area contributed by atoms with Gasteiger partial charge in [0.1, 0.15) is 5.52 Å². The predicted octanol–water partition coefficient (Wildman–Crippen LogP) is 2.96. The highest BCUT2D eigenvalue weighted by atomic mass is 16.5. The minimum atomic E-state index is -0.225. The van der Waals surface area contributed by atoms with Gasteiger partial charge in [0.25, 0.3) is 17.4 Å². The lowest BCUT2D eigenvalue weighted by Gasteiger charge is -2.31. The number of nitrogens with one attached hydrogen (secondary N) is 1. The van der Waals surface area contributed by atoms with Crippen molar-refractivity contribution in [3.05, 3.63) is 69.5 Å². The number of rotatable bonds is 4. The number of hydrogen-bond acceptors (Lipinski definition) is 6. The number of likely N-dealkylation sites (tertiary alicyclic amines) is 1. The molecule has 1 N–H and O–H groups in total. The van der Waals surface area contributed by atoms with Crippen LogP contribution in [0.5, 0.6) is 0 Å². The monoisotopic (exact) mass is 432 g/mol. The summed E-state index contributed by atoms with van der Waals surface area (Å²) in [6, 6.07) is 9.42. The molecule has 3 aromatic heterocycles. The first-order valence-electron chi connectivity index (χ1n) is 10.8. The second-order valence-corrected chi connectivity index (χ2v) is 8.22. The maximum Gasteiger partial charge on any atom is 0.278 e. The molecular weight excluding hydrogens is 408 g/mol. The Labute approximate surface area is 184 Å². The quantitative estimate of drug-likeness (QED) is 0.531. The zero-order chi connectivity index (χ0) is 22.2. The van der Waals surface area contributed by atoms with Gasteiger partial charge in [0.15, 0.2) is 11.5 Å². The third kappa shape index (κ3) is 3.70. The summed E-state index contributed by atoms with van der Waals surface area (Å²) >= 11 is 0. The molecule has 4 heterocycles. The summed E-state index contributed by atoms with van der Waals surface area (Å²) in [6.45, 7) is 5.14. The molecule has 1 aliphatic rings. The van der Waals surface area contributed by atoms with E-state index in [2.05, 4.69) is 27.1 Å². The van der Waals surface area contributed by atoms with Crippen LogP contribution < -0.4 is 5.56 Å². The number of hydrogen-bond donors (Lipinski definition) is 1. The van der Waals surface area contributed by atoms with Crippen LogP contribution in [0.25, 0.3) is 17.1 Å². The number of carbonyl (C=O) groups excluding carboxylic acids is 1. The fourth-order valence-electron chi connectivity index (χ4n) is 4.17. The number of aromatic amines is 1. The van der Waals surface area contributed by atoms with Crippen molar-refractivity contribution in [3.8, 4) is 11.6 Å². The molecule has 4 aromatic rings. The van der Waals surface area contributed by atoms with Gasteiger partial charge < -0.3 is 14.4 Å². The molecule has 1 aromatic carbocycles. The largest absolute Gasteiger partial charge is 0.338 e. The number of benzene rings is 1. The molecular formula is C23H24N6O3. The van der Waals surface area contributed by atoms with Crippen LogP contribution in [0.1, 0.15) is 53.1 Å². The number of amides is 1. The van der Waals surface area contributed by atoms with Gasteiger partial charge >= 0.3 is 0 Å². The Bertz CT molecular complexity index is 1330. The van der Waals surface area contributed by atoms with E-state index in [-0.39, 0.29) is 23.3 Å². The van der Waals surface area contributed by atoms with Gasteiger partial charge in [-0.15, -0.1) is 0 Å². The number of nitrogens with zero attached hydrogens (tertiary/aromatic N) is 5. The molecule has 32 heavy (non-hydrogen) atoms. The normalized spacial score (nSPS) is 16.6. The molecule has 1 unspecified atom stereocenters. The summed E-state index contributed by atoms with van der Waals surface area (Å²) in [7, 11) is 0. The summed E-state index contributed by atoms with van der Waals surface area (Å²) in [4.78, 5) is 34.3. The van der Waals surface area contributed by atoms with Gasteiger partial charge in [-0.1, -0.05) is 24.2 Å². The average Bonchev–Trinajstić information content (AvgIpc) is 3.46. The molecule has 0 spiro atoms. The standard InChI is InChI=1S/C23H24N6O3/c1-3-15-6-8-16(9-7-15)23(31)28-10-4-5-17(13-28)20-25-22(32-27-20)18-11-19-21(30)24-14(2)12-29(19)26-18/h6-9,11-12,17H,3-5,10,13H2,1-2H3,(H,24,30). The van der Waals surface area contributed by atoms with Crippen LogP contribution in [-0.4, -0.2) is 48.6 Å². The summed E-state index contributed by atoms with van der Waals surface area (Å²) in [5.74, 6) is 0.833. The summed E-state index contributed by atoms with van der Waals surface area (Å²) in [5.41, 5.74) is 3.24. The summed E-state index contributed by atoms with van der Waals surface area (Å²) < 4.78 is 6.97. The second kappa shape index (κ2) is 8.07. The van der Waals surface area contributed by atoms with Crippen molar-refractivity contribution in [1.29, 1.82) is 0 Å². The highest BCUT2D eigenvalue weighted by Crippen LogP contribution is 2.28. The van der Waals surface area contributed by atoms with Gasteiger partial charge in [-0.25, -0.2) is 4.52 Å². The SMILES string of the molecule is CCc1ccc(C(=O)N2CCCC(c3noc(-c4cc5c(=O)[nH]c(C)cn5n4)n3)C2)cc1. The van der Waals surface area contributed by atoms with E-state index in [4.69, 9.17) is 4.52 Å². The fraction of sp³-hybridized carbons (Fsp3) is 0.348. The highest BCUT2D eigenvalue weighted by Gasteiger charge is 2.29. The van der Waals surface area contributed by atoms with Gasteiger partial charge in [-0.3, -0.25) is 9.59 Å². The van der Waals surface area contributed by atoms with Crippen LogP contribution >= 0.6 is 0 Å². The van der Waals surface area contributed by atoms with Crippen LogP contribution in [0.15, 0.2) is 45.8 Å². The number of fused-ring (bicyclic) bond motifs is 1. The lowest BCUT2D eigenvalue weighted by molar-refractivity contribution is 0.0703. The fourth-order valence-corrected chi connectivity index (χ4v) is 4.17. The minimum Gasteiger partial charge on any atom is -0.338 e. The Morgan fingerprint density at radius 1 is 1.28 bits per heavy atom. The Hall–Kier alpha value is -3.75. The van der Waals surface area contributed by atoms with E-state index in [1.54, 1.807) is 19.2 Å². The lowest BCUT2D eigenvalue weighted by atomic mass is 9.96. The number of aromatic nitrogens is 5. The van der Waals surface area contributed by atoms with Crippen molar-refractivity contribution in [1.82, 2.24) is 29.6 Å². The molecule has 1 amide bonds. The maximum atomic E-state index is 13.0. The molecule has 9 nitrogen and oxygen atoms in total. The zero-order valence-corrected chi connectivity index (χ0v) is 18.0. The van der Waals surface area contributed by atoms with E-state index in [9.17, 15) is 9.59 Å². The van der Waals surface area contributed by atoms with Crippen LogP contribution in [0.2, 0.25) is 0 Å². The summed E-state index contributed by atoms with van der Waals surface area (Å²) in [5, 5.41) is 8.55. The first kappa shape index (κ1) is 20.2. The van der Waals surface area contributed by atoms with Crippen LogP contribution in [-0.2, 0) is 6.42 Å². The average molecular weight is 432 g/mol. The molecule has 0 radical (unpaired) electrons. The van der Waals surface area contributed by atoms with Crippen molar-refractivity contribution in [2.75, 3.05) is 13.1 Å². The van der Waals surface area contributed by atoms with Crippen LogP contribution in [0.3, 0.4) is 0 Å². The molecule has 1 saturated heterocycles. The minimum absolute atomic E-state index is 0.0113. The van der Waals surface area contributed by atoms with E-state index in [1.165, 1.54) is 10.1 Å². The van der Waals surface area contributed by atoms with Gasteiger partial charge in [0, 0.05) is 42.5 Å². The third-order valence-electron chi connectivity index (χ3n) is 5.94. The van der Waals surface area contributed by atoms with Gasteiger partial charge in [0.05, 0.1) is 0 Å². The Balaban J connectivity index is 1.35. The molecule has 5 rings (SSSR count). The molecule has 164 valence electrons. The Kier molecular flexibility index (Phi) is 5.08. The van der Waals surface area contributed by atoms with E-state index in [0.29, 0.717) is 41.4 Å². The summed E-state index contributed by atoms with van der Waals surface area (Å²) in [6.07, 6.45) is 4.42. The van der Waals surface area contributed by atoms with Gasteiger partial charge in [-0.2, -0.15) is 10.1 Å². The van der Waals surface area contributed by atoms with Gasteiger partial charge in [-0.05, 0) is 43.9 Å². The van der Waals surface area contributed by atoms with Gasteiger partial charge in [0.2, 0.25) is 0 Å². The van der Waals surface area contributed by atoms with Crippen molar-refractivity contribution in [3.63, 3.8) is 0 Å². The lowest BCUT2D eigenvalue weighted by Crippen LogP contribution is -2.39. The van der Waals surface area contributed by atoms with E-state index in [1.807, 2.05) is 29.2 Å². The molecule has 0 bridgehead atoms. The van der Waals surface area contributed by atoms with Crippen molar-refractivity contribution in [2.24, 2.45) is 0 Å². The van der Waals surface area contributed by atoms with Crippen molar-refractivity contribution >= 4 is 11.4 Å². The molecule has 1 atom stereocenters. The Morgan fingerprint density at radius 2 is 2.09 bits per heavy atom. The molecule has 1 fully saturated rings. The molecule has 9 heteroatoms. The molecule has 0 saturated carbocycles. The predicted molar refractivity (Wildman–Crippen MR) is 118 cm³/mol.